The monoisotopic (exact) mass is 529 g/mol. The Bertz CT molecular complexity index is 1240. The van der Waals surface area contributed by atoms with Gasteiger partial charge in [-0.2, -0.15) is 13.2 Å². The van der Waals surface area contributed by atoms with Crippen molar-refractivity contribution in [3.05, 3.63) is 41.5 Å². The number of anilines is 3. The number of hydrogen-bond donors (Lipinski definition) is 4. The largest absolute Gasteiger partial charge is 0.419 e. The lowest BCUT2D eigenvalue weighted by Crippen LogP contribution is -2.54. The van der Waals surface area contributed by atoms with Gasteiger partial charge in [-0.25, -0.2) is 18.7 Å². The number of hydrogen-bond acceptors (Lipinski definition) is 7. The molecule has 1 amide bonds. The predicted octanol–water partition coefficient (Wildman–Crippen LogP) is 5.12. The zero-order valence-corrected chi connectivity index (χ0v) is 19.9. The molecule has 1 aliphatic rings. The Hall–Kier alpha value is -3.06. The van der Waals surface area contributed by atoms with Gasteiger partial charge in [-0.3, -0.25) is 4.79 Å². The van der Waals surface area contributed by atoms with Crippen LogP contribution in [0.3, 0.4) is 0 Å². The fourth-order valence-electron chi connectivity index (χ4n) is 3.84. The number of amides is 1. The molecule has 0 spiro atoms. The van der Waals surface area contributed by atoms with Crippen LogP contribution >= 0.6 is 11.3 Å². The molecule has 0 aliphatic heterocycles. The van der Waals surface area contributed by atoms with Crippen LogP contribution in [0.15, 0.2) is 36.0 Å². The van der Waals surface area contributed by atoms with Crippen LogP contribution in [0, 0.1) is 0 Å². The van der Waals surface area contributed by atoms with Crippen LogP contribution < -0.4 is 16.0 Å². The maximum atomic E-state index is 14.3. The standard InChI is InChI=1S/C23H24F5N5O2S/c1-22(35,23(26,27)28)19(25)10-30-21(34)13-9-29-20(8-17(13)33-15-4-2-3-14(15)24)32-12-5-6-16-18(7-12)36-11-31-16/h5-9,11,14-15,19,35H,2-4,10H2,1H3,(H,30,34)(H2,29,32,33)/t14?,15-,19-,22?/m1/s1. The highest BCUT2D eigenvalue weighted by Gasteiger charge is 2.55. The van der Waals surface area contributed by atoms with Crippen molar-refractivity contribution in [2.75, 3.05) is 17.2 Å². The Labute approximate surface area is 207 Å². The van der Waals surface area contributed by atoms with Crippen molar-refractivity contribution in [1.29, 1.82) is 0 Å². The normalized spacial score (nSPS) is 20.6. The first-order valence-corrected chi connectivity index (χ1v) is 12.1. The van der Waals surface area contributed by atoms with E-state index in [1.807, 2.05) is 12.1 Å². The molecule has 1 fully saturated rings. The first-order chi connectivity index (χ1) is 17.0. The summed E-state index contributed by atoms with van der Waals surface area (Å²) in [6.07, 6.45) is -6.46. The van der Waals surface area contributed by atoms with Gasteiger partial charge in [0, 0.05) is 18.0 Å². The van der Waals surface area contributed by atoms with Gasteiger partial charge >= 0.3 is 6.18 Å². The third-order valence-electron chi connectivity index (χ3n) is 6.15. The van der Waals surface area contributed by atoms with Crippen LogP contribution in [0.5, 0.6) is 0 Å². The Kier molecular flexibility index (Phi) is 7.32. The summed E-state index contributed by atoms with van der Waals surface area (Å²) in [4.78, 5) is 21.2. The summed E-state index contributed by atoms with van der Waals surface area (Å²) in [7, 11) is 0. The van der Waals surface area contributed by atoms with Crippen molar-refractivity contribution < 1.29 is 31.9 Å². The van der Waals surface area contributed by atoms with E-state index in [1.54, 1.807) is 11.6 Å². The molecule has 194 valence electrons. The average Bonchev–Trinajstić information content (AvgIpc) is 3.45. The molecule has 2 unspecified atom stereocenters. The van der Waals surface area contributed by atoms with Gasteiger partial charge in [-0.1, -0.05) is 0 Å². The van der Waals surface area contributed by atoms with Crippen molar-refractivity contribution in [1.82, 2.24) is 15.3 Å². The number of fused-ring (bicyclic) bond motifs is 1. The number of halogens is 5. The van der Waals surface area contributed by atoms with Gasteiger partial charge in [-0.15, -0.1) is 11.3 Å². The Morgan fingerprint density at radius 1 is 1.25 bits per heavy atom. The van der Waals surface area contributed by atoms with E-state index in [4.69, 9.17) is 0 Å². The van der Waals surface area contributed by atoms with Gasteiger partial charge in [0.05, 0.1) is 39.6 Å². The summed E-state index contributed by atoms with van der Waals surface area (Å²) < 4.78 is 68.0. The Morgan fingerprint density at radius 2 is 2.03 bits per heavy atom. The lowest BCUT2D eigenvalue weighted by Gasteiger charge is -2.29. The number of benzene rings is 1. The Morgan fingerprint density at radius 3 is 2.72 bits per heavy atom. The second-order valence-corrected chi connectivity index (χ2v) is 9.68. The molecule has 1 aliphatic carbocycles. The van der Waals surface area contributed by atoms with E-state index < -0.39 is 42.6 Å². The molecular formula is C23H24F5N5O2S. The molecule has 2 heterocycles. The van der Waals surface area contributed by atoms with Crippen LogP contribution in [0.25, 0.3) is 10.2 Å². The molecule has 0 saturated heterocycles. The van der Waals surface area contributed by atoms with E-state index in [1.165, 1.54) is 23.6 Å². The maximum Gasteiger partial charge on any atom is 0.419 e. The molecular weight excluding hydrogens is 505 g/mol. The summed E-state index contributed by atoms with van der Waals surface area (Å²) in [5, 5.41) is 17.6. The topological polar surface area (TPSA) is 99.2 Å². The van der Waals surface area contributed by atoms with Crippen LogP contribution in [0.2, 0.25) is 0 Å². The van der Waals surface area contributed by atoms with E-state index in [0.29, 0.717) is 37.7 Å². The van der Waals surface area contributed by atoms with Crippen molar-refractivity contribution in [2.45, 2.75) is 56.3 Å². The molecule has 7 nitrogen and oxygen atoms in total. The number of rotatable bonds is 8. The molecule has 4 N–H and O–H groups in total. The highest BCUT2D eigenvalue weighted by Crippen LogP contribution is 2.34. The minimum Gasteiger partial charge on any atom is -0.379 e. The second-order valence-electron chi connectivity index (χ2n) is 8.80. The summed E-state index contributed by atoms with van der Waals surface area (Å²) >= 11 is 1.46. The molecule has 1 aromatic carbocycles. The highest BCUT2D eigenvalue weighted by molar-refractivity contribution is 7.16. The van der Waals surface area contributed by atoms with E-state index >= 15 is 0 Å². The fourth-order valence-corrected chi connectivity index (χ4v) is 4.55. The lowest BCUT2D eigenvalue weighted by molar-refractivity contribution is -0.272. The number of aromatic nitrogens is 2. The summed E-state index contributed by atoms with van der Waals surface area (Å²) in [5.41, 5.74) is -0.307. The van der Waals surface area contributed by atoms with Gasteiger partial charge in [-0.05, 0) is 44.4 Å². The third kappa shape index (κ3) is 5.51. The molecule has 0 bridgehead atoms. The van der Waals surface area contributed by atoms with E-state index in [0.717, 1.165) is 10.2 Å². The van der Waals surface area contributed by atoms with Gasteiger partial charge in [0.25, 0.3) is 5.91 Å². The number of aliphatic hydroxyl groups is 1. The quantitative estimate of drug-likeness (QED) is 0.303. The van der Waals surface area contributed by atoms with Crippen molar-refractivity contribution in [3.8, 4) is 0 Å². The van der Waals surface area contributed by atoms with Gasteiger partial charge in [0.2, 0.25) is 0 Å². The SMILES string of the molecule is CC(O)([C@H](F)CNC(=O)c1cnc(Nc2ccc3ncsc3c2)cc1N[C@@H]1CCCC1F)C(F)(F)F. The zero-order valence-electron chi connectivity index (χ0n) is 19.1. The third-order valence-corrected chi connectivity index (χ3v) is 6.94. The van der Waals surface area contributed by atoms with E-state index in [2.05, 4.69) is 25.9 Å². The molecule has 4 rings (SSSR count). The van der Waals surface area contributed by atoms with Gasteiger partial charge in [0.1, 0.15) is 12.0 Å². The minimum absolute atomic E-state index is 0.101. The van der Waals surface area contributed by atoms with Crippen LogP contribution in [-0.2, 0) is 0 Å². The molecule has 0 radical (unpaired) electrons. The van der Waals surface area contributed by atoms with Crippen LogP contribution in [-0.4, -0.2) is 57.7 Å². The van der Waals surface area contributed by atoms with Crippen molar-refractivity contribution >= 4 is 44.7 Å². The molecule has 1 saturated carbocycles. The molecule has 3 aromatic rings. The minimum atomic E-state index is -5.22. The van der Waals surface area contributed by atoms with E-state index in [9.17, 15) is 31.9 Å². The van der Waals surface area contributed by atoms with Crippen LogP contribution in [0.1, 0.15) is 36.5 Å². The van der Waals surface area contributed by atoms with Crippen LogP contribution in [0.4, 0.5) is 39.1 Å². The lowest BCUT2D eigenvalue weighted by atomic mass is 9.99. The maximum absolute atomic E-state index is 14.3. The molecule has 13 heteroatoms. The molecule has 36 heavy (non-hydrogen) atoms. The van der Waals surface area contributed by atoms with Gasteiger partial charge < -0.3 is 21.1 Å². The average molecular weight is 530 g/mol. The van der Waals surface area contributed by atoms with Crippen molar-refractivity contribution in [3.63, 3.8) is 0 Å². The van der Waals surface area contributed by atoms with Gasteiger partial charge in [0.15, 0.2) is 11.8 Å². The molecule has 2 aromatic heterocycles. The number of alkyl halides is 5. The summed E-state index contributed by atoms with van der Waals surface area (Å²) in [6, 6.07) is 6.39. The second kappa shape index (κ2) is 10.1. The molecule has 4 atom stereocenters. The predicted molar refractivity (Wildman–Crippen MR) is 127 cm³/mol. The first kappa shape index (κ1) is 26.0. The number of thiazole rings is 1. The van der Waals surface area contributed by atoms with Crippen molar-refractivity contribution in [2.24, 2.45) is 0 Å². The first-order valence-electron chi connectivity index (χ1n) is 11.2. The number of pyridine rings is 1. The number of nitrogens with one attached hydrogen (secondary N) is 3. The fraction of sp³-hybridized carbons (Fsp3) is 0.435. The zero-order chi connectivity index (χ0) is 26.1. The number of nitrogens with zero attached hydrogens (tertiary/aromatic N) is 2. The Balaban J connectivity index is 1.54. The van der Waals surface area contributed by atoms with E-state index in [-0.39, 0.29) is 11.3 Å². The summed E-state index contributed by atoms with van der Waals surface area (Å²) in [5.74, 6) is -0.591. The summed E-state index contributed by atoms with van der Waals surface area (Å²) in [6.45, 7) is -0.793. The highest BCUT2D eigenvalue weighted by atomic mass is 32.1. The smallest absolute Gasteiger partial charge is 0.379 e. The number of carbonyl (C=O) groups excluding carboxylic acids is 1. The number of carbonyl (C=O) groups is 1.